The average molecular weight is 432 g/mol. The zero-order chi connectivity index (χ0) is 22.7. The number of rotatable bonds is 5. The summed E-state index contributed by atoms with van der Waals surface area (Å²) in [6, 6.07) is 5.45. The monoisotopic (exact) mass is 432 g/mol. The topological polar surface area (TPSA) is 94.4 Å². The average Bonchev–Trinajstić information content (AvgIpc) is 3.47. The highest BCUT2D eigenvalue weighted by atomic mass is 16.5. The lowest BCUT2D eigenvalue weighted by Crippen LogP contribution is -2.27. The number of fused-ring (bicyclic) bond motifs is 1. The van der Waals surface area contributed by atoms with Gasteiger partial charge in [0.2, 0.25) is 5.91 Å². The summed E-state index contributed by atoms with van der Waals surface area (Å²) in [6.07, 6.45) is 3.61. The number of methoxy groups -OCH3 is 2. The maximum atomic E-state index is 12.0. The van der Waals surface area contributed by atoms with Crippen molar-refractivity contribution < 1.29 is 14.3 Å². The molecule has 1 saturated heterocycles. The second-order valence-electron chi connectivity index (χ2n) is 7.25. The van der Waals surface area contributed by atoms with Crippen molar-refractivity contribution in [1.29, 1.82) is 0 Å². The molecule has 0 aliphatic carbocycles. The van der Waals surface area contributed by atoms with Crippen LogP contribution >= 0.6 is 0 Å². The van der Waals surface area contributed by atoms with Gasteiger partial charge in [0.25, 0.3) is 0 Å². The number of aromatic nitrogens is 4. The fourth-order valence-corrected chi connectivity index (χ4v) is 3.79. The minimum atomic E-state index is -0.0820. The molecule has 0 saturated carbocycles. The van der Waals surface area contributed by atoms with E-state index in [-0.39, 0.29) is 11.9 Å². The first-order valence-corrected chi connectivity index (χ1v) is 10.1. The van der Waals surface area contributed by atoms with Crippen LogP contribution in [0.5, 0.6) is 11.5 Å². The lowest BCUT2D eigenvalue weighted by atomic mass is 10.2. The molecular formula is C23H24N6O3. The van der Waals surface area contributed by atoms with Gasteiger partial charge < -0.3 is 19.7 Å². The van der Waals surface area contributed by atoms with Gasteiger partial charge in [-0.3, -0.25) is 4.79 Å². The van der Waals surface area contributed by atoms with E-state index in [0.717, 1.165) is 17.4 Å². The van der Waals surface area contributed by atoms with Gasteiger partial charge in [0, 0.05) is 31.8 Å². The highest BCUT2D eigenvalue weighted by molar-refractivity contribution is 5.92. The summed E-state index contributed by atoms with van der Waals surface area (Å²) in [6.45, 7) is 4.77. The molecule has 0 spiro atoms. The van der Waals surface area contributed by atoms with Gasteiger partial charge in [-0.1, -0.05) is 12.5 Å². The Morgan fingerprint density at radius 3 is 2.62 bits per heavy atom. The van der Waals surface area contributed by atoms with Gasteiger partial charge in [-0.15, -0.1) is 0 Å². The molecule has 4 rings (SSSR count). The van der Waals surface area contributed by atoms with Crippen LogP contribution in [0.4, 0.5) is 5.82 Å². The van der Waals surface area contributed by atoms with Crippen LogP contribution in [-0.2, 0) is 4.79 Å². The Bertz CT molecular complexity index is 1220. The fourth-order valence-electron chi connectivity index (χ4n) is 3.79. The molecule has 1 aliphatic rings. The molecule has 0 bridgehead atoms. The molecule has 1 fully saturated rings. The number of hydrogen-bond donors (Lipinski definition) is 1. The number of likely N-dealkylation sites (tertiary alicyclic amines) is 1. The summed E-state index contributed by atoms with van der Waals surface area (Å²) < 4.78 is 12.5. The smallest absolute Gasteiger partial charge is 0.246 e. The standard InChI is InChI=1S/C23H24N6O3/c1-5-20(30)28-9-8-16(13-28)29-23-21(22(24-2)25-14-26-23)19(27-29)7-6-15-10-17(31-3)12-18(11-15)32-4/h5,10-12,14,16H,1,8-9,13H2,2-4H3,(H,24,25,26). The fraction of sp³-hybridized carbons (Fsp3) is 0.304. The van der Waals surface area contributed by atoms with Crippen LogP contribution in [0.3, 0.4) is 0 Å². The van der Waals surface area contributed by atoms with Crippen molar-refractivity contribution in [3.63, 3.8) is 0 Å². The van der Waals surface area contributed by atoms with E-state index in [0.29, 0.717) is 41.7 Å². The molecule has 9 heteroatoms. The second kappa shape index (κ2) is 8.98. The van der Waals surface area contributed by atoms with Crippen LogP contribution in [0, 0.1) is 11.8 Å². The van der Waals surface area contributed by atoms with Crippen LogP contribution in [0.2, 0.25) is 0 Å². The predicted molar refractivity (Wildman–Crippen MR) is 121 cm³/mol. The van der Waals surface area contributed by atoms with Gasteiger partial charge in [-0.05, 0) is 30.6 Å². The molecule has 32 heavy (non-hydrogen) atoms. The van der Waals surface area contributed by atoms with E-state index in [1.807, 2.05) is 16.8 Å². The number of hydrogen-bond acceptors (Lipinski definition) is 7. The molecule has 2 aromatic heterocycles. The van der Waals surface area contributed by atoms with Gasteiger partial charge in [-0.25, -0.2) is 14.6 Å². The summed E-state index contributed by atoms with van der Waals surface area (Å²) in [5.41, 5.74) is 1.96. The Morgan fingerprint density at radius 1 is 1.22 bits per heavy atom. The third-order valence-electron chi connectivity index (χ3n) is 5.40. The quantitative estimate of drug-likeness (QED) is 0.488. The normalized spacial score (nSPS) is 15.2. The molecule has 3 heterocycles. The van der Waals surface area contributed by atoms with E-state index < -0.39 is 0 Å². The maximum Gasteiger partial charge on any atom is 0.246 e. The summed E-state index contributed by atoms with van der Waals surface area (Å²) in [5, 5.41) is 8.61. The molecule has 1 aromatic carbocycles. The third-order valence-corrected chi connectivity index (χ3v) is 5.40. The van der Waals surface area contributed by atoms with E-state index in [1.54, 1.807) is 32.2 Å². The first-order valence-electron chi connectivity index (χ1n) is 10.1. The highest BCUT2D eigenvalue weighted by Gasteiger charge is 2.29. The molecule has 1 aliphatic heterocycles. The van der Waals surface area contributed by atoms with Gasteiger partial charge in [0.1, 0.15) is 29.3 Å². The Hall–Kier alpha value is -4.06. The number of amides is 1. The number of anilines is 1. The molecule has 1 N–H and O–H groups in total. The Balaban J connectivity index is 1.78. The van der Waals surface area contributed by atoms with E-state index in [4.69, 9.17) is 14.6 Å². The predicted octanol–water partition coefficient (Wildman–Crippen LogP) is 2.24. The minimum absolute atomic E-state index is 0.00605. The summed E-state index contributed by atoms with van der Waals surface area (Å²) in [7, 11) is 4.99. The number of nitrogens with zero attached hydrogens (tertiary/aromatic N) is 5. The molecule has 1 amide bonds. The van der Waals surface area contributed by atoms with Crippen molar-refractivity contribution in [1.82, 2.24) is 24.6 Å². The number of ether oxygens (including phenoxy) is 2. The maximum absolute atomic E-state index is 12.0. The molecule has 0 radical (unpaired) electrons. The summed E-state index contributed by atoms with van der Waals surface area (Å²) >= 11 is 0. The summed E-state index contributed by atoms with van der Waals surface area (Å²) in [4.78, 5) is 22.6. The van der Waals surface area contributed by atoms with Crippen molar-refractivity contribution in [3.8, 4) is 23.3 Å². The second-order valence-corrected chi connectivity index (χ2v) is 7.25. The molecule has 3 aromatic rings. The van der Waals surface area contributed by atoms with E-state index in [2.05, 4.69) is 33.7 Å². The van der Waals surface area contributed by atoms with Crippen molar-refractivity contribution in [3.05, 3.63) is 48.4 Å². The van der Waals surface area contributed by atoms with Crippen molar-refractivity contribution >= 4 is 22.8 Å². The van der Waals surface area contributed by atoms with E-state index in [9.17, 15) is 4.79 Å². The van der Waals surface area contributed by atoms with Crippen molar-refractivity contribution in [2.75, 3.05) is 39.7 Å². The Morgan fingerprint density at radius 2 is 1.97 bits per heavy atom. The van der Waals surface area contributed by atoms with Crippen molar-refractivity contribution in [2.24, 2.45) is 0 Å². The SMILES string of the molecule is C=CC(=O)N1CCC(n2nc(C#Cc3cc(OC)cc(OC)c3)c3c(NC)ncnc32)C1. The number of carbonyl (C=O) groups excluding carboxylic acids is 1. The number of benzene rings is 1. The van der Waals surface area contributed by atoms with Gasteiger partial charge in [0.15, 0.2) is 5.65 Å². The van der Waals surface area contributed by atoms with Crippen LogP contribution in [0.15, 0.2) is 37.2 Å². The zero-order valence-electron chi connectivity index (χ0n) is 18.3. The van der Waals surface area contributed by atoms with Crippen molar-refractivity contribution in [2.45, 2.75) is 12.5 Å². The largest absolute Gasteiger partial charge is 0.497 e. The van der Waals surface area contributed by atoms with Crippen LogP contribution in [0.25, 0.3) is 11.0 Å². The van der Waals surface area contributed by atoms with Crippen LogP contribution < -0.4 is 14.8 Å². The highest BCUT2D eigenvalue weighted by Crippen LogP contribution is 2.29. The molecule has 9 nitrogen and oxygen atoms in total. The molecule has 1 atom stereocenters. The number of nitrogens with one attached hydrogen (secondary N) is 1. The minimum Gasteiger partial charge on any atom is -0.497 e. The molecular weight excluding hydrogens is 408 g/mol. The first-order chi connectivity index (χ1) is 15.6. The number of carbonyl (C=O) groups is 1. The van der Waals surface area contributed by atoms with Gasteiger partial charge in [0.05, 0.1) is 25.6 Å². The Kier molecular flexibility index (Phi) is 5.94. The summed E-state index contributed by atoms with van der Waals surface area (Å²) in [5.74, 6) is 8.18. The third kappa shape index (κ3) is 3.95. The lowest BCUT2D eigenvalue weighted by Gasteiger charge is -2.14. The zero-order valence-corrected chi connectivity index (χ0v) is 18.3. The van der Waals surface area contributed by atoms with Gasteiger partial charge >= 0.3 is 0 Å². The molecule has 1 unspecified atom stereocenters. The van der Waals surface area contributed by atoms with E-state index >= 15 is 0 Å². The van der Waals surface area contributed by atoms with Crippen LogP contribution in [0.1, 0.15) is 23.7 Å². The molecule has 164 valence electrons. The van der Waals surface area contributed by atoms with E-state index in [1.165, 1.54) is 12.4 Å². The van der Waals surface area contributed by atoms with Crippen LogP contribution in [-0.4, -0.2) is 64.9 Å². The van der Waals surface area contributed by atoms with Gasteiger partial charge in [-0.2, -0.15) is 5.10 Å². The Labute approximate surface area is 186 Å². The lowest BCUT2D eigenvalue weighted by molar-refractivity contribution is -0.125. The first kappa shape index (κ1) is 21.2.